The Balaban J connectivity index is 2.16. The summed E-state index contributed by atoms with van der Waals surface area (Å²) in [5.41, 5.74) is 1.22. The lowest BCUT2D eigenvalue weighted by Gasteiger charge is -2.11. The van der Waals surface area contributed by atoms with Gasteiger partial charge in [-0.3, -0.25) is 4.79 Å². The van der Waals surface area contributed by atoms with Crippen molar-refractivity contribution in [1.29, 1.82) is 0 Å². The molecule has 0 heterocycles. The molecule has 9 heteroatoms. The van der Waals surface area contributed by atoms with Crippen molar-refractivity contribution in [3.8, 4) is 18.1 Å². The summed E-state index contributed by atoms with van der Waals surface area (Å²) in [6, 6.07) is 9.51. The molecule has 0 bridgehead atoms. The lowest BCUT2D eigenvalue weighted by Crippen LogP contribution is -2.26. The molecule has 2 aromatic rings. The van der Waals surface area contributed by atoms with Crippen LogP contribution in [0.25, 0.3) is 0 Å². The maximum atomic E-state index is 12.5. The van der Waals surface area contributed by atoms with Crippen molar-refractivity contribution in [3.05, 3.63) is 58.1 Å². The van der Waals surface area contributed by atoms with Crippen LogP contribution in [0.15, 0.2) is 45.7 Å². The Morgan fingerprint density at radius 2 is 2.03 bits per heavy atom. The number of carbonyl (C=O) groups excluding carboxylic acids is 1. The monoisotopic (exact) mass is 447 g/mol. The molecule has 30 heavy (non-hydrogen) atoms. The fraction of sp³-hybridized carbons (Fsp3) is 0.238. The third kappa shape index (κ3) is 5.99. The van der Waals surface area contributed by atoms with Gasteiger partial charge in [0, 0.05) is 31.2 Å². The van der Waals surface area contributed by atoms with Gasteiger partial charge >= 0.3 is 0 Å². The van der Waals surface area contributed by atoms with E-state index in [1.807, 2.05) is 0 Å². The Morgan fingerprint density at radius 3 is 2.67 bits per heavy atom. The molecule has 1 amide bonds. The molecule has 1 N–H and O–H groups in total. The summed E-state index contributed by atoms with van der Waals surface area (Å²) in [5.74, 6) is 2.42. The fourth-order valence-electron chi connectivity index (χ4n) is 2.54. The Hall–Kier alpha value is -3.02. The first kappa shape index (κ1) is 23.3. The van der Waals surface area contributed by atoms with Crippen LogP contribution in [0.3, 0.4) is 0 Å². The van der Waals surface area contributed by atoms with Gasteiger partial charge in [-0.2, -0.15) is 8.42 Å². The summed E-state index contributed by atoms with van der Waals surface area (Å²) in [6.45, 7) is 0.268. The molecule has 0 saturated heterocycles. The van der Waals surface area contributed by atoms with E-state index in [0.717, 1.165) is 0 Å². The van der Waals surface area contributed by atoms with E-state index in [0.29, 0.717) is 28.3 Å². The van der Waals surface area contributed by atoms with Gasteiger partial charge in [-0.1, -0.05) is 23.6 Å². The standard InChI is InChI=1S/C21H22ClN3O4S/c1-5-16-7-6-15(12-20(16)30(27,28)24-14-25(2)3)10-11-23-21(26)18-13-17(22)8-9-19(18)29-4/h1,6-9,12-14H,10-11H2,2-4H3,(H,23,26)/b24-14+. The first-order valence-corrected chi connectivity index (χ1v) is 10.7. The van der Waals surface area contributed by atoms with Gasteiger partial charge in [0.25, 0.3) is 15.9 Å². The smallest absolute Gasteiger partial charge is 0.284 e. The second-order valence-corrected chi connectivity index (χ2v) is 8.52. The number of hydrogen-bond donors (Lipinski definition) is 1. The Morgan fingerprint density at radius 1 is 1.30 bits per heavy atom. The largest absolute Gasteiger partial charge is 0.496 e. The van der Waals surface area contributed by atoms with Crippen molar-refractivity contribution in [2.45, 2.75) is 11.3 Å². The number of methoxy groups -OCH3 is 1. The zero-order valence-electron chi connectivity index (χ0n) is 16.8. The van der Waals surface area contributed by atoms with Gasteiger partial charge in [0.15, 0.2) is 0 Å². The molecule has 0 atom stereocenters. The van der Waals surface area contributed by atoms with Crippen LogP contribution in [-0.2, 0) is 16.4 Å². The summed E-state index contributed by atoms with van der Waals surface area (Å²) in [5, 5.41) is 3.19. The molecule has 0 aliphatic rings. The first-order valence-electron chi connectivity index (χ1n) is 8.86. The van der Waals surface area contributed by atoms with Crippen molar-refractivity contribution in [3.63, 3.8) is 0 Å². The molecular formula is C21H22ClN3O4S. The van der Waals surface area contributed by atoms with Gasteiger partial charge in [-0.05, 0) is 42.3 Å². The Bertz CT molecular complexity index is 1110. The second-order valence-electron chi connectivity index (χ2n) is 6.48. The van der Waals surface area contributed by atoms with E-state index in [2.05, 4.69) is 15.6 Å². The van der Waals surface area contributed by atoms with E-state index < -0.39 is 10.0 Å². The van der Waals surface area contributed by atoms with Crippen molar-refractivity contribution in [2.75, 3.05) is 27.7 Å². The number of amides is 1. The van der Waals surface area contributed by atoms with Crippen LogP contribution in [0.4, 0.5) is 0 Å². The second kappa shape index (κ2) is 10.1. The molecule has 0 saturated carbocycles. The van der Waals surface area contributed by atoms with Gasteiger partial charge < -0.3 is 15.0 Å². The number of nitrogens with zero attached hydrogens (tertiary/aromatic N) is 2. The van der Waals surface area contributed by atoms with Crippen molar-refractivity contribution in [2.24, 2.45) is 4.40 Å². The Kier molecular flexibility index (Phi) is 7.86. The van der Waals surface area contributed by atoms with Crippen LogP contribution in [0.2, 0.25) is 5.02 Å². The highest BCUT2D eigenvalue weighted by Crippen LogP contribution is 2.23. The molecule has 0 aliphatic carbocycles. The summed E-state index contributed by atoms with van der Waals surface area (Å²) < 4.78 is 33.9. The van der Waals surface area contributed by atoms with Gasteiger partial charge in [0.1, 0.15) is 17.0 Å². The summed E-state index contributed by atoms with van der Waals surface area (Å²) in [7, 11) is 0.838. The highest BCUT2D eigenvalue weighted by Gasteiger charge is 2.18. The van der Waals surface area contributed by atoms with Crippen LogP contribution >= 0.6 is 11.6 Å². The third-order valence-corrected chi connectivity index (χ3v) is 5.50. The number of carbonyl (C=O) groups is 1. The molecule has 0 unspecified atom stereocenters. The van der Waals surface area contributed by atoms with E-state index in [-0.39, 0.29) is 22.9 Å². The average molecular weight is 448 g/mol. The molecule has 158 valence electrons. The number of terminal acetylenes is 1. The molecule has 0 aliphatic heterocycles. The number of hydrogen-bond acceptors (Lipinski definition) is 4. The molecule has 0 aromatic heterocycles. The minimum atomic E-state index is -3.95. The summed E-state index contributed by atoms with van der Waals surface area (Å²) in [6.07, 6.45) is 7.02. The molecular weight excluding hydrogens is 426 g/mol. The number of halogens is 1. The van der Waals surface area contributed by atoms with Crippen LogP contribution in [0.1, 0.15) is 21.5 Å². The number of nitrogens with one attached hydrogen (secondary N) is 1. The fourth-order valence-corrected chi connectivity index (χ4v) is 3.84. The van der Waals surface area contributed by atoms with Crippen LogP contribution < -0.4 is 10.1 Å². The topological polar surface area (TPSA) is 88.1 Å². The highest BCUT2D eigenvalue weighted by molar-refractivity contribution is 7.90. The number of ether oxygens (including phenoxy) is 1. The highest BCUT2D eigenvalue weighted by atomic mass is 35.5. The molecule has 2 rings (SSSR count). The molecule has 2 aromatic carbocycles. The maximum Gasteiger partial charge on any atom is 0.284 e. The van der Waals surface area contributed by atoms with E-state index in [4.69, 9.17) is 22.8 Å². The van der Waals surface area contributed by atoms with Gasteiger partial charge in [-0.25, -0.2) is 0 Å². The van der Waals surface area contributed by atoms with Crippen molar-refractivity contribution < 1.29 is 17.9 Å². The minimum absolute atomic E-state index is 0.0524. The predicted octanol–water partition coefficient (Wildman–Crippen LogP) is 2.58. The van der Waals surface area contributed by atoms with Crippen LogP contribution in [0.5, 0.6) is 5.75 Å². The normalized spacial score (nSPS) is 11.2. The zero-order valence-corrected chi connectivity index (χ0v) is 18.4. The lowest BCUT2D eigenvalue weighted by molar-refractivity contribution is 0.0951. The van der Waals surface area contributed by atoms with E-state index in [1.165, 1.54) is 30.5 Å². The zero-order chi connectivity index (χ0) is 22.3. The quantitative estimate of drug-likeness (QED) is 0.381. The first-order chi connectivity index (χ1) is 14.2. The van der Waals surface area contributed by atoms with Gasteiger partial charge in [-0.15, -0.1) is 10.8 Å². The number of rotatable bonds is 8. The van der Waals surface area contributed by atoms with E-state index in [9.17, 15) is 13.2 Å². The molecule has 0 radical (unpaired) electrons. The van der Waals surface area contributed by atoms with Crippen LogP contribution in [-0.4, -0.2) is 53.3 Å². The predicted molar refractivity (Wildman–Crippen MR) is 118 cm³/mol. The molecule has 7 nitrogen and oxygen atoms in total. The minimum Gasteiger partial charge on any atom is -0.496 e. The van der Waals surface area contributed by atoms with Crippen molar-refractivity contribution >= 4 is 33.9 Å². The summed E-state index contributed by atoms with van der Waals surface area (Å²) in [4.78, 5) is 13.9. The van der Waals surface area contributed by atoms with Crippen LogP contribution in [0, 0.1) is 12.3 Å². The van der Waals surface area contributed by atoms with Crippen molar-refractivity contribution in [1.82, 2.24) is 10.2 Å². The molecule has 0 spiro atoms. The van der Waals surface area contributed by atoms with E-state index >= 15 is 0 Å². The van der Waals surface area contributed by atoms with E-state index in [1.54, 1.807) is 38.4 Å². The number of sulfonamides is 1. The SMILES string of the molecule is C#Cc1ccc(CCNC(=O)c2cc(Cl)ccc2OC)cc1S(=O)(=O)/N=C/N(C)C. The molecule has 0 fully saturated rings. The maximum absolute atomic E-state index is 12.5. The lowest BCUT2D eigenvalue weighted by atomic mass is 10.1. The average Bonchev–Trinajstić information content (AvgIpc) is 2.72. The Labute approximate surface area is 181 Å². The van der Waals surface area contributed by atoms with Gasteiger partial charge in [0.2, 0.25) is 0 Å². The number of benzene rings is 2. The third-order valence-electron chi connectivity index (χ3n) is 4.00. The van der Waals surface area contributed by atoms with Gasteiger partial charge in [0.05, 0.1) is 12.7 Å². The summed E-state index contributed by atoms with van der Waals surface area (Å²) >= 11 is 5.96.